The van der Waals surface area contributed by atoms with Crippen LogP contribution in [-0.2, 0) is 9.53 Å². The van der Waals surface area contributed by atoms with Gasteiger partial charge in [-0.1, -0.05) is 11.6 Å². The number of anilines is 3. The highest BCUT2D eigenvalue weighted by Crippen LogP contribution is 2.26. The first-order valence-electron chi connectivity index (χ1n) is 9.05. The third kappa shape index (κ3) is 4.56. The molecule has 0 unspecified atom stereocenters. The van der Waals surface area contributed by atoms with Crippen molar-refractivity contribution >= 4 is 45.6 Å². The number of nitrogens with one attached hydrogen (secondary N) is 2. The van der Waals surface area contributed by atoms with Gasteiger partial charge in [0.15, 0.2) is 0 Å². The summed E-state index contributed by atoms with van der Waals surface area (Å²) in [5.41, 5.74) is 2.36. The van der Waals surface area contributed by atoms with Crippen LogP contribution in [-0.4, -0.2) is 53.6 Å². The van der Waals surface area contributed by atoms with Crippen molar-refractivity contribution < 1.29 is 9.53 Å². The lowest BCUT2D eigenvalue weighted by Crippen LogP contribution is -2.41. The highest BCUT2D eigenvalue weighted by molar-refractivity contribution is 6.30. The van der Waals surface area contributed by atoms with Crippen LogP contribution in [0, 0.1) is 0 Å². The van der Waals surface area contributed by atoms with Gasteiger partial charge in [0.25, 0.3) is 0 Å². The summed E-state index contributed by atoms with van der Waals surface area (Å²) in [6.07, 6.45) is 1.51. The SMILES string of the molecule is O=C(CN1CCOCC1)Nc1ccc2ncnc(Nc3ccc(Cl)cc3)c2c1. The van der Waals surface area contributed by atoms with Gasteiger partial charge in [-0.15, -0.1) is 0 Å². The molecule has 1 aromatic heterocycles. The molecule has 1 amide bonds. The number of benzene rings is 2. The first-order chi connectivity index (χ1) is 13.7. The summed E-state index contributed by atoms with van der Waals surface area (Å²) in [7, 11) is 0. The fourth-order valence-corrected chi connectivity index (χ4v) is 3.19. The predicted octanol–water partition coefficient (Wildman–Crippen LogP) is 3.30. The number of hydrogen-bond acceptors (Lipinski definition) is 6. The molecule has 0 spiro atoms. The van der Waals surface area contributed by atoms with Crippen molar-refractivity contribution in [1.82, 2.24) is 14.9 Å². The maximum atomic E-state index is 12.4. The molecule has 0 bridgehead atoms. The minimum Gasteiger partial charge on any atom is -0.379 e. The molecule has 0 atom stereocenters. The lowest BCUT2D eigenvalue weighted by atomic mass is 10.2. The number of carbonyl (C=O) groups is 1. The third-order valence-electron chi connectivity index (χ3n) is 4.50. The molecular weight excluding hydrogens is 378 g/mol. The number of fused-ring (bicyclic) bond motifs is 1. The Morgan fingerprint density at radius 3 is 2.61 bits per heavy atom. The summed E-state index contributed by atoms with van der Waals surface area (Å²) in [6, 6.07) is 13.0. The van der Waals surface area contributed by atoms with Crippen LogP contribution in [0.1, 0.15) is 0 Å². The quantitative estimate of drug-likeness (QED) is 0.687. The van der Waals surface area contributed by atoms with Crippen molar-refractivity contribution in [2.75, 3.05) is 43.5 Å². The number of morpholine rings is 1. The second kappa shape index (κ2) is 8.52. The first-order valence-corrected chi connectivity index (χ1v) is 9.42. The number of ether oxygens (including phenoxy) is 1. The van der Waals surface area contributed by atoms with E-state index in [-0.39, 0.29) is 5.91 Å². The maximum Gasteiger partial charge on any atom is 0.238 e. The second-order valence-electron chi connectivity index (χ2n) is 6.52. The zero-order valence-corrected chi connectivity index (χ0v) is 15.9. The van der Waals surface area contributed by atoms with Crippen LogP contribution in [0.5, 0.6) is 0 Å². The fraction of sp³-hybridized carbons (Fsp3) is 0.250. The number of carbonyl (C=O) groups excluding carboxylic acids is 1. The Morgan fingerprint density at radius 2 is 1.82 bits per heavy atom. The molecular formula is C20H20ClN5O2. The summed E-state index contributed by atoms with van der Waals surface area (Å²) >= 11 is 5.94. The Hall–Kier alpha value is -2.74. The molecule has 8 heteroatoms. The van der Waals surface area contributed by atoms with Crippen LogP contribution in [0.2, 0.25) is 5.02 Å². The van der Waals surface area contributed by atoms with Crippen molar-refractivity contribution in [3.63, 3.8) is 0 Å². The van der Waals surface area contributed by atoms with Gasteiger partial charge in [-0.25, -0.2) is 9.97 Å². The number of nitrogens with zero attached hydrogens (tertiary/aromatic N) is 3. The van der Waals surface area contributed by atoms with Crippen LogP contribution in [0.15, 0.2) is 48.8 Å². The summed E-state index contributed by atoms with van der Waals surface area (Å²) in [5, 5.41) is 7.72. The molecule has 144 valence electrons. The van der Waals surface area contributed by atoms with Crippen LogP contribution in [0.25, 0.3) is 10.9 Å². The van der Waals surface area contributed by atoms with E-state index < -0.39 is 0 Å². The summed E-state index contributed by atoms with van der Waals surface area (Å²) in [6.45, 7) is 3.23. The normalized spacial score (nSPS) is 14.8. The van der Waals surface area contributed by atoms with Crippen LogP contribution in [0.4, 0.5) is 17.2 Å². The van der Waals surface area contributed by atoms with Gasteiger partial charge in [-0.2, -0.15) is 0 Å². The highest BCUT2D eigenvalue weighted by atomic mass is 35.5. The Balaban J connectivity index is 1.52. The van der Waals surface area contributed by atoms with Gasteiger partial charge in [0.05, 0.1) is 25.3 Å². The summed E-state index contributed by atoms with van der Waals surface area (Å²) in [5.74, 6) is 0.613. The molecule has 28 heavy (non-hydrogen) atoms. The van der Waals surface area contributed by atoms with Crippen molar-refractivity contribution in [1.29, 1.82) is 0 Å². The summed E-state index contributed by atoms with van der Waals surface area (Å²) in [4.78, 5) is 23.1. The van der Waals surface area contributed by atoms with E-state index in [9.17, 15) is 4.79 Å². The molecule has 0 aliphatic carbocycles. The highest BCUT2D eigenvalue weighted by Gasteiger charge is 2.14. The van der Waals surface area contributed by atoms with Gasteiger partial charge in [0.2, 0.25) is 5.91 Å². The van der Waals surface area contributed by atoms with E-state index in [4.69, 9.17) is 16.3 Å². The zero-order chi connectivity index (χ0) is 19.3. The van der Waals surface area contributed by atoms with E-state index in [0.717, 1.165) is 29.7 Å². The van der Waals surface area contributed by atoms with E-state index in [1.165, 1.54) is 6.33 Å². The monoisotopic (exact) mass is 397 g/mol. The van der Waals surface area contributed by atoms with Crippen molar-refractivity contribution in [2.24, 2.45) is 0 Å². The topological polar surface area (TPSA) is 79.4 Å². The average Bonchev–Trinajstić information content (AvgIpc) is 2.71. The van der Waals surface area contributed by atoms with Crippen LogP contribution in [0.3, 0.4) is 0 Å². The third-order valence-corrected chi connectivity index (χ3v) is 4.75. The smallest absolute Gasteiger partial charge is 0.238 e. The number of amides is 1. The van der Waals surface area contributed by atoms with Crippen molar-refractivity contribution in [3.8, 4) is 0 Å². The van der Waals surface area contributed by atoms with Crippen molar-refractivity contribution in [3.05, 3.63) is 53.8 Å². The number of aromatic nitrogens is 2. The van der Waals surface area contributed by atoms with Crippen LogP contribution < -0.4 is 10.6 Å². The Labute approximate surface area is 167 Å². The molecule has 7 nitrogen and oxygen atoms in total. The molecule has 0 radical (unpaired) electrons. The minimum absolute atomic E-state index is 0.0506. The molecule has 1 aliphatic heterocycles. The predicted molar refractivity (Wildman–Crippen MR) is 110 cm³/mol. The van der Waals surface area contributed by atoms with Gasteiger partial charge < -0.3 is 15.4 Å². The lowest BCUT2D eigenvalue weighted by molar-refractivity contribution is -0.118. The Kier molecular flexibility index (Phi) is 5.66. The summed E-state index contributed by atoms with van der Waals surface area (Å²) < 4.78 is 5.31. The molecule has 2 aromatic carbocycles. The largest absolute Gasteiger partial charge is 0.379 e. The lowest BCUT2D eigenvalue weighted by Gasteiger charge is -2.25. The Bertz CT molecular complexity index is 974. The minimum atomic E-state index is -0.0506. The van der Waals surface area contributed by atoms with Gasteiger partial charge in [-0.05, 0) is 42.5 Å². The van der Waals surface area contributed by atoms with Gasteiger partial charge in [-0.3, -0.25) is 9.69 Å². The molecule has 1 aliphatic rings. The maximum absolute atomic E-state index is 12.4. The molecule has 1 saturated heterocycles. The number of halogens is 1. The first kappa shape index (κ1) is 18.6. The van der Waals surface area contributed by atoms with E-state index in [0.29, 0.717) is 36.3 Å². The van der Waals surface area contributed by atoms with E-state index in [2.05, 4.69) is 25.5 Å². The van der Waals surface area contributed by atoms with E-state index >= 15 is 0 Å². The molecule has 0 saturated carbocycles. The number of hydrogen-bond donors (Lipinski definition) is 2. The molecule has 1 fully saturated rings. The molecule has 4 rings (SSSR count). The zero-order valence-electron chi connectivity index (χ0n) is 15.2. The average molecular weight is 398 g/mol. The van der Waals surface area contributed by atoms with E-state index in [1.807, 2.05) is 42.5 Å². The Morgan fingerprint density at radius 1 is 1.07 bits per heavy atom. The molecule has 3 aromatic rings. The van der Waals surface area contributed by atoms with Gasteiger partial charge in [0, 0.05) is 34.9 Å². The number of rotatable bonds is 5. The standard InChI is InChI=1S/C20H20ClN5O2/c21-14-1-3-15(4-2-14)25-20-17-11-16(5-6-18(17)22-13-23-20)24-19(27)12-26-7-9-28-10-8-26/h1-6,11,13H,7-10,12H2,(H,24,27)(H,22,23,25). The van der Waals surface area contributed by atoms with Gasteiger partial charge >= 0.3 is 0 Å². The van der Waals surface area contributed by atoms with Crippen molar-refractivity contribution in [2.45, 2.75) is 0 Å². The van der Waals surface area contributed by atoms with E-state index in [1.54, 1.807) is 0 Å². The molecule has 2 heterocycles. The van der Waals surface area contributed by atoms with Gasteiger partial charge in [0.1, 0.15) is 12.1 Å². The second-order valence-corrected chi connectivity index (χ2v) is 6.96. The fourth-order valence-electron chi connectivity index (χ4n) is 3.07. The van der Waals surface area contributed by atoms with Crippen LogP contribution >= 0.6 is 11.6 Å². The molecule has 2 N–H and O–H groups in total.